The van der Waals surface area contributed by atoms with Crippen molar-refractivity contribution in [3.63, 3.8) is 0 Å². The minimum Gasteiger partial charge on any atom is -0.436 e. The fraction of sp³-hybridized carbons (Fsp3) is 0.0500. The molecule has 3 rings (SSSR count). The molecule has 0 aliphatic heterocycles. The number of hydrogen-bond donors (Lipinski definition) is 3. The molecule has 0 bridgehead atoms. The van der Waals surface area contributed by atoms with Crippen molar-refractivity contribution in [3.05, 3.63) is 78.0 Å². The third-order valence-corrected chi connectivity index (χ3v) is 3.72. The number of hydrogen-bond acceptors (Lipinski definition) is 6. The Morgan fingerprint density at radius 3 is 2.53 bits per heavy atom. The van der Waals surface area contributed by atoms with Gasteiger partial charge in [-0.25, -0.2) is 14.2 Å². The van der Waals surface area contributed by atoms with E-state index < -0.39 is 23.7 Å². The minimum atomic E-state index is -0.853. The highest BCUT2D eigenvalue weighted by Gasteiger charge is 2.12. The van der Waals surface area contributed by atoms with Crippen LogP contribution in [0.2, 0.25) is 0 Å². The molecule has 10 heteroatoms. The highest BCUT2D eigenvalue weighted by Crippen LogP contribution is 2.25. The van der Waals surface area contributed by atoms with Gasteiger partial charge < -0.3 is 15.8 Å². The molecule has 4 amide bonds. The number of carbonyl (C=O) groups excluding carboxylic acids is 3. The van der Waals surface area contributed by atoms with Crippen LogP contribution in [0.5, 0.6) is 11.6 Å². The first kappa shape index (κ1) is 20.4. The summed E-state index contributed by atoms with van der Waals surface area (Å²) in [6, 6.07) is 13.1. The van der Waals surface area contributed by atoms with Gasteiger partial charge in [0.25, 0.3) is 5.91 Å². The van der Waals surface area contributed by atoms with E-state index in [1.54, 1.807) is 24.3 Å². The zero-order valence-corrected chi connectivity index (χ0v) is 15.5. The van der Waals surface area contributed by atoms with Crippen LogP contribution in [-0.2, 0) is 11.2 Å². The van der Waals surface area contributed by atoms with Crippen molar-refractivity contribution in [2.45, 2.75) is 6.42 Å². The Morgan fingerprint density at radius 1 is 1.07 bits per heavy atom. The van der Waals surface area contributed by atoms with Crippen LogP contribution in [0, 0.1) is 5.82 Å². The number of nitrogens with two attached hydrogens (primary N) is 1. The van der Waals surface area contributed by atoms with Crippen LogP contribution < -0.4 is 21.1 Å². The molecule has 3 aromatic rings. The Kier molecular flexibility index (Phi) is 6.28. The minimum absolute atomic E-state index is 0.0294. The second-order valence-corrected chi connectivity index (χ2v) is 5.99. The molecule has 0 radical (unpaired) electrons. The first-order valence-electron chi connectivity index (χ1n) is 8.66. The average Bonchev–Trinajstić information content (AvgIpc) is 2.71. The number of aromatic nitrogens is 2. The van der Waals surface area contributed by atoms with Crippen molar-refractivity contribution < 1.29 is 23.5 Å². The molecule has 152 valence electrons. The summed E-state index contributed by atoms with van der Waals surface area (Å²) in [6.07, 6.45) is 1.27. The summed E-state index contributed by atoms with van der Waals surface area (Å²) < 4.78 is 19.6. The van der Waals surface area contributed by atoms with Gasteiger partial charge in [-0.2, -0.15) is 4.98 Å². The molecule has 2 aromatic carbocycles. The number of imide groups is 1. The Morgan fingerprint density at radius 2 is 1.83 bits per heavy atom. The van der Waals surface area contributed by atoms with Crippen molar-refractivity contribution >= 4 is 23.5 Å². The summed E-state index contributed by atoms with van der Waals surface area (Å²) in [5.41, 5.74) is 5.94. The summed E-state index contributed by atoms with van der Waals surface area (Å²) in [7, 11) is 0. The monoisotopic (exact) mass is 409 g/mol. The number of nitrogens with zero attached hydrogens (tertiary/aromatic N) is 2. The van der Waals surface area contributed by atoms with Gasteiger partial charge in [-0.1, -0.05) is 30.3 Å². The molecule has 0 aliphatic rings. The predicted octanol–water partition coefficient (Wildman–Crippen LogP) is 2.40. The second kappa shape index (κ2) is 9.24. The summed E-state index contributed by atoms with van der Waals surface area (Å²) in [5, 5.41) is 4.53. The first-order chi connectivity index (χ1) is 14.4. The number of urea groups is 1. The highest BCUT2D eigenvalue weighted by molar-refractivity contribution is 6.01. The Bertz CT molecular complexity index is 1090. The molecule has 4 N–H and O–H groups in total. The summed E-state index contributed by atoms with van der Waals surface area (Å²) in [4.78, 5) is 42.4. The van der Waals surface area contributed by atoms with E-state index in [-0.39, 0.29) is 29.6 Å². The van der Waals surface area contributed by atoms with Gasteiger partial charge in [0, 0.05) is 24.0 Å². The zero-order chi connectivity index (χ0) is 21.5. The molecule has 0 atom stereocenters. The summed E-state index contributed by atoms with van der Waals surface area (Å²) in [5.74, 6) is -2.72. The molecule has 0 aliphatic carbocycles. The van der Waals surface area contributed by atoms with Crippen LogP contribution in [0.1, 0.15) is 16.2 Å². The molecule has 1 heterocycles. The molecular weight excluding hydrogens is 393 g/mol. The largest absolute Gasteiger partial charge is 0.436 e. The number of halogens is 1. The second-order valence-electron chi connectivity index (χ2n) is 5.99. The molecule has 0 saturated heterocycles. The van der Waals surface area contributed by atoms with Gasteiger partial charge in [-0.05, 0) is 17.7 Å². The number of primary amides is 1. The molecule has 1 aromatic heterocycles. The SMILES string of the molecule is NC(=O)c1nccc(Oc2ccc(NC(=O)NC(=O)Cc3ccccc3)cc2F)n1. The smallest absolute Gasteiger partial charge is 0.325 e. The molecular formula is C20H16FN5O4. The lowest BCUT2D eigenvalue weighted by molar-refractivity contribution is -0.119. The highest BCUT2D eigenvalue weighted by atomic mass is 19.1. The lowest BCUT2D eigenvalue weighted by Gasteiger charge is -2.10. The van der Waals surface area contributed by atoms with Crippen LogP contribution in [0.3, 0.4) is 0 Å². The lowest BCUT2D eigenvalue weighted by Crippen LogP contribution is -2.35. The van der Waals surface area contributed by atoms with Gasteiger partial charge in [0.05, 0.1) is 6.42 Å². The predicted molar refractivity (Wildman–Crippen MR) is 104 cm³/mol. The van der Waals surface area contributed by atoms with E-state index in [1.807, 2.05) is 6.07 Å². The summed E-state index contributed by atoms with van der Waals surface area (Å²) >= 11 is 0. The quantitative estimate of drug-likeness (QED) is 0.572. The van der Waals surface area contributed by atoms with Crippen LogP contribution >= 0.6 is 0 Å². The fourth-order valence-corrected chi connectivity index (χ4v) is 2.41. The maximum atomic E-state index is 14.3. The van der Waals surface area contributed by atoms with Crippen LogP contribution in [-0.4, -0.2) is 27.8 Å². The van der Waals surface area contributed by atoms with Crippen LogP contribution in [0.25, 0.3) is 0 Å². The number of carbonyl (C=O) groups is 3. The van der Waals surface area contributed by atoms with Crippen molar-refractivity contribution in [1.82, 2.24) is 15.3 Å². The van der Waals surface area contributed by atoms with Crippen LogP contribution in [0.15, 0.2) is 60.8 Å². The molecule has 30 heavy (non-hydrogen) atoms. The third kappa shape index (κ3) is 5.58. The van der Waals surface area contributed by atoms with Gasteiger partial charge in [0.1, 0.15) is 0 Å². The topological polar surface area (TPSA) is 136 Å². The number of anilines is 1. The number of nitrogens with one attached hydrogen (secondary N) is 2. The van der Waals surface area contributed by atoms with E-state index >= 15 is 0 Å². The van der Waals surface area contributed by atoms with Gasteiger partial charge in [0.15, 0.2) is 11.6 Å². The van der Waals surface area contributed by atoms with Crippen molar-refractivity contribution in [2.75, 3.05) is 5.32 Å². The molecule has 9 nitrogen and oxygen atoms in total. The van der Waals surface area contributed by atoms with E-state index in [2.05, 4.69) is 20.6 Å². The van der Waals surface area contributed by atoms with E-state index in [9.17, 15) is 18.8 Å². The van der Waals surface area contributed by atoms with Gasteiger partial charge in [-0.15, -0.1) is 0 Å². The lowest BCUT2D eigenvalue weighted by atomic mass is 10.1. The van der Waals surface area contributed by atoms with Crippen molar-refractivity contribution in [1.29, 1.82) is 0 Å². The van der Waals surface area contributed by atoms with E-state index in [1.165, 1.54) is 24.4 Å². The van der Waals surface area contributed by atoms with Gasteiger partial charge >= 0.3 is 6.03 Å². The Hall–Kier alpha value is -4.34. The number of ether oxygens (including phenoxy) is 1. The van der Waals surface area contributed by atoms with Crippen molar-refractivity contribution in [3.8, 4) is 11.6 Å². The Balaban J connectivity index is 1.59. The summed E-state index contributed by atoms with van der Waals surface area (Å²) in [6.45, 7) is 0. The first-order valence-corrected chi connectivity index (χ1v) is 8.66. The van der Waals surface area contributed by atoms with Crippen LogP contribution in [0.4, 0.5) is 14.9 Å². The number of amides is 4. The van der Waals surface area contributed by atoms with Gasteiger partial charge in [0.2, 0.25) is 17.6 Å². The van der Waals surface area contributed by atoms with E-state index in [0.29, 0.717) is 0 Å². The van der Waals surface area contributed by atoms with E-state index in [0.717, 1.165) is 11.6 Å². The number of benzene rings is 2. The standard InChI is InChI=1S/C20H16FN5O4/c21-14-11-13(24-20(29)25-16(27)10-12-4-2-1-3-5-12)6-7-15(14)30-17-8-9-23-19(26-17)18(22)28/h1-9,11H,10H2,(H2,22,28)(H2,24,25,27,29). The van der Waals surface area contributed by atoms with E-state index in [4.69, 9.17) is 10.5 Å². The van der Waals surface area contributed by atoms with Crippen molar-refractivity contribution in [2.24, 2.45) is 5.73 Å². The average molecular weight is 409 g/mol. The normalized spacial score (nSPS) is 10.2. The Labute approximate surface area is 170 Å². The zero-order valence-electron chi connectivity index (χ0n) is 15.5. The third-order valence-electron chi connectivity index (χ3n) is 3.72. The maximum Gasteiger partial charge on any atom is 0.325 e. The maximum absolute atomic E-state index is 14.3. The molecule has 0 saturated carbocycles. The van der Waals surface area contributed by atoms with Gasteiger partial charge in [-0.3, -0.25) is 14.9 Å². The number of rotatable bonds is 6. The molecule has 0 unspecified atom stereocenters. The molecule has 0 spiro atoms. The fourth-order valence-electron chi connectivity index (χ4n) is 2.41. The molecule has 0 fully saturated rings.